The van der Waals surface area contributed by atoms with Gasteiger partial charge >= 0.3 is 0 Å². The van der Waals surface area contributed by atoms with Gasteiger partial charge in [0.15, 0.2) is 6.61 Å². The van der Waals surface area contributed by atoms with Crippen LogP contribution in [-0.4, -0.2) is 64.6 Å². The first-order valence-corrected chi connectivity index (χ1v) is 11.3. The van der Waals surface area contributed by atoms with Crippen LogP contribution in [0.1, 0.15) is 6.92 Å². The Hall–Kier alpha value is -3.15. The van der Waals surface area contributed by atoms with Crippen LogP contribution in [0.4, 0.5) is 11.4 Å². The van der Waals surface area contributed by atoms with Gasteiger partial charge in [0.05, 0.1) is 20.3 Å². The lowest BCUT2D eigenvalue weighted by atomic mass is 10.3. The van der Waals surface area contributed by atoms with Crippen molar-refractivity contribution in [2.24, 2.45) is 0 Å². The second-order valence-electron chi connectivity index (χ2n) is 6.93. The number of morpholine rings is 1. The van der Waals surface area contributed by atoms with Crippen LogP contribution in [0, 0.1) is 0 Å². The minimum atomic E-state index is -3.82. The third-order valence-corrected chi connectivity index (χ3v) is 6.48. The van der Waals surface area contributed by atoms with Gasteiger partial charge < -0.3 is 24.8 Å². The first-order valence-electron chi connectivity index (χ1n) is 9.86. The number of methoxy groups -OCH3 is 1. The summed E-state index contributed by atoms with van der Waals surface area (Å²) in [6, 6.07) is 11.0. The van der Waals surface area contributed by atoms with Crippen LogP contribution < -0.4 is 20.1 Å². The molecule has 11 heteroatoms. The molecule has 0 aromatic heterocycles. The molecule has 1 aliphatic rings. The average molecular weight is 464 g/mol. The molecule has 32 heavy (non-hydrogen) atoms. The zero-order valence-corrected chi connectivity index (χ0v) is 18.6. The molecular weight excluding hydrogens is 438 g/mol. The predicted octanol–water partition coefficient (Wildman–Crippen LogP) is 1.69. The van der Waals surface area contributed by atoms with E-state index in [2.05, 4.69) is 10.6 Å². The molecule has 1 heterocycles. The first kappa shape index (κ1) is 23.5. The number of nitrogens with zero attached hydrogens (tertiary/aromatic N) is 1. The molecule has 2 aromatic rings. The molecule has 1 saturated heterocycles. The predicted molar refractivity (Wildman–Crippen MR) is 117 cm³/mol. The van der Waals surface area contributed by atoms with Crippen molar-refractivity contribution < 1.29 is 32.2 Å². The molecule has 0 spiro atoms. The number of anilines is 2. The van der Waals surface area contributed by atoms with E-state index in [0.29, 0.717) is 30.3 Å². The fraction of sp³-hybridized carbons (Fsp3) is 0.333. The van der Waals surface area contributed by atoms with Crippen LogP contribution in [0.15, 0.2) is 47.4 Å². The minimum absolute atomic E-state index is 0.0383. The number of rotatable bonds is 8. The van der Waals surface area contributed by atoms with Gasteiger partial charge in [0.1, 0.15) is 16.4 Å². The quantitative estimate of drug-likeness (QED) is 0.611. The summed E-state index contributed by atoms with van der Waals surface area (Å²) >= 11 is 0. The van der Waals surface area contributed by atoms with Gasteiger partial charge in [0.2, 0.25) is 15.9 Å². The van der Waals surface area contributed by atoms with E-state index >= 15 is 0 Å². The van der Waals surface area contributed by atoms with Crippen molar-refractivity contribution in [1.82, 2.24) is 4.31 Å². The van der Waals surface area contributed by atoms with Crippen LogP contribution >= 0.6 is 0 Å². The van der Waals surface area contributed by atoms with E-state index in [9.17, 15) is 18.0 Å². The fourth-order valence-corrected chi connectivity index (χ4v) is 4.68. The first-order chi connectivity index (χ1) is 15.3. The Labute approximate surface area is 186 Å². The molecule has 3 rings (SSSR count). The molecule has 2 amide bonds. The zero-order chi connectivity index (χ0) is 23.1. The minimum Gasteiger partial charge on any atom is -0.495 e. The smallest absolute Gasteiger partial charge is 0.262 e. The summed E-state index contributed by atoms with van der Waals surface area (Å²) in [7, 11) is -2.44. The summed E-state index contributed by atoms with van der Waals surface area (Å²) in [5, 5.41) is 5.26. The molecule has 0 aliphatic carbocycles. The topological polar surface area (TPSA) is 123 Å². The van der Waals surface area contributed by atoms with Crippen LogP contribution in [0.2, 0.25) is 0 Å². The van der Waals surface area contributed by atoms with Crippen LogP contribution in [0.5, 0.6) is 11.5 Å². The maximum atomic E-state index is 13.0. The van der Waals surface area contributed by atoms with Gasteiger partial charge in [-0.3, -0.25) is 9.59 Å². The third-order valence-electron chi connectivity index (χ3n) is 4.56. The molecule has 0 atom stereocenters. The van der Waals surface area contributed by atoms with E-state index in [1.807, 2.05) is 0 Å². The van der Waals surface area contributed by atoms with Crippen LogP contribution in [0.3, 0.4) is 0 Å². The van der Waals surface area contributed by atoms with Gasteiger partial charge in [-0.2, -0.15) is 4.31 Å². The number of ether oxygens (including phenoxy) is 3. The second-order valence-corrected chi connectivity index (χ2v) is 8.83. The van der Waals surface area contributed by atoms with Gasteiger partial charge in [-0.1, -0.05) is 6.07 Å². The number of hydrogen-bond donors (Lipinski definition) is 2. The van der Waals surface area contributed by atoms with Gasteiger partial charge in [-0.05, 0) is 30.3 Å². The molecule has 172 valence electrons. The molecule has 1 fully saturated rings. The summed E-state index contributed by atoms with van der Waals surface area (Å²) < 4.78 is 43.3. The van der Waals surface area contributed by atoms with Crippen molar-refractivity contribution in [2.75, 3.05) is 50.7 Å². The maximum absolute atomic E-state index is 13.0. The van der Waals surface area contributed by atoms with E-state index in [1.54, 1.807) is 30.3 Å². The van der Waals surface area contributed by atoms with E-state index in [1.165, 1.54) is 30.5 Å². The molecule has 0 bridgehead atoms. The Kier molecular flexibility index (Phi) is 7.67. The fourth-order valence-electron chi connectivity index (χ4n) is 3.09. The number of amides is 2. The highest BCUT2D eigenvalue weighted by atomic mass is 32.2. The lowest BCUT2D eigenvalue weighted by Crippen LogP contribution is -2.40. The van der Waals surface area contributed by atoms with Crippen molar-refractivity contribution in [2.45, 2.75) is 11.8 Å². The van der Waals surface area contributed by atoms with E-state index in [4.69, 9.17) is 14.2 Å². The number of benzene rings is 2. The summed E-state index contributed by atoms with van der Waals surface area (Å²) in [5.74, 6) is -0.116. The second kappa shape index (κ2) is 10.4. The molecule has 2 N–H and O–H groups in total. The largest absolute Gasteiger partial charge is 0.495 e. The molecule has 10 nitrogen and oxygen atoms in total. The van der Waals surface area contributed by atoms with Crippen LogP contribution in [-0.2, 0) is 24.3 Å². The average Bonchev–Trinajstić information content (AvgIpc) is 2.78. The number of carbonyl (C=O) groups is 2. The lowest BCUT2D eigenvalue weighted by Gasteiger charge is -2.26. The molecule has 0 unspecified atom stereocenters. The van der Waals surface area contributed by atoms with Crippen molar-refractivity contribution >= 4 is 33.2 Å². The number of nitrogens with one attached hydrogen (secondary N) is 2. The highest BCUT2D eigenvalue weighted by molar-refractivity contribution is 7.89. The number of hydrogen-bond acceptors (Lipinski definition) is 7. The molecule has 0 saturated carbocycles. The molecule has 1 aliphatic heterocycles. The van der Waals surface area contributed by atoms with E-state index in [-0.39, 0.29) is 36.2 Å². The van der Waals surface area contributed by atoms with E-state index < -0.39 is 15.9 Å². The highest BCUT2D eigenvalue weighted by Gasteiger charge is 2.29. The molecular formula is C21H25N3O7S. The number of sulfonamides is 1. The molecule has 2 aromatic carbocycles. The van der Waals surface area contributed by atoms with E-state index in [0.717, 1.165) is 0 Å². The van der Waals surface area contributed by atoms with Gasteiger partial charge in [-0.15, -0.1) is 0 Å². The monoisotopic (exact) mass is 463 g/mol. The Morgan fingerprint density at radius 1 is 1.06 bits per heavy atom. The van der Waals surface area contributed by atoms with Crippen LogP contribution in [0.25, 0.3) is 0 Å². The van der Waals surface area contributed by atoms with Crippen molar-refractivity contribution in [1.29, 1.82) is 0 Å². The Morgan fingerprint density at radius 2 is 1.78 bits per heavy atom. The Morgan fingerprint density at radius 3 is 2.47 bits per heavy atom. The Balaban J connectivity index is 1.69. The SMILES string of the molecule is COc1ccc(NC(=O)COc2cccc(NC(C)=O)c2)cc1S(=O)(=O)N1CCOCC1. The van der Waals surface area contributed by atoms with Crippen molar-refractivity contribution in [3.05, 3.63) is 42.5 Å². The Bertz CT molecular complexity index is 1080. The van der Waals surface area contributed by atoms with Crippen molar-refractivity contribution in [3.63, 3.8) is 0 Å². The zero-order valence-electron chi connectivity index (χ0n) is 17.8. The normalized spacial score (nSPS) is 14.4. The van der Waals surface area contributed by atoms with Gasteiger partial charge in [-0.25, -0.2) is 8.42 Å². The van der Waals surface area contributed by atoms with Crippen molar-refractivity contribution in [3.8, 4) is 11.5 Å². The molecule has 0 radical (unpaired) electrons. The maximum Gasteiger partial charge on any atom is 0.262 e. The highest BCUT2D eigenvalue weighted by Crippen LogP contribution is 2.30. The summed E-state index contributed by atoms with van der Waals surface area (Å²) in [5.41, 5.74) is 0.835. The van der Waals surface area contributed by atoms with Gasteiger partial charge in [0, 0.05) is 37.5 Å². The third kappa shape index (κ3) is 5.96. The summed E-state index contributed by atoms with van der Waals surface area (Å²) in [6.07, 6.45) is 0. The lowest BCUT2D eigenvalue weighted by molar-refractivity contribution is -0.118. The summed E-state index contributed by atoms with van der Waals surface area (Å²) in [4.78, 5) is 23.5. The number of carbonyl (C=O) groups excluding carboxylic acids is 2. The van der Waals surface area contributed by atoms with Gasteiger partial charge in [0.25, 0.3) is 5.91 Å². The standard InChI is InChI=1S/C21H25N3O7S/c1-15(25)22-16-4-3-5-18(12-16)31-14-21(26)23-17-6-7-19(29-2)20(13-17)32(27,28)24-8-10-30-11-9-24/h3-7,12-13H,8-11,14H2,1-2H3,(H,22,25)(H,23,26). The summed E-state index contributed by atoms with van der Waals surface area (Å²) in [6.45, 7) is 2.21.